The molecule has 3 fully saturated rings. The predicted octanol–water partition coefficient (Wildman–Crippen LogP) is 6.72. The Kier molecular flexibility index (Phi) is 6.77. The number of aliphatic hydroxyl groups excluding tert-OH is 1. The van der Waals surface area contributed by atoms with Gasteiger partial charge >= 0.3 is 0 Å². The molecule has 0 aromatic rings. The maximum atomic E-state index is 10.3. The standard InChI is InChI=1S/C28H49NO/c1-19(2)6-5-7-20(3)24-10-11-25-23-9-8-21-18-22(30)12-15-28(21,16-17-29)26(23)13-14-27(24,25)4/h8,19-20,22-26,30H,5-7,9-18,29H2,1-4H3/t20-,22+,23+,24-,25+,26+,27-,28-/m1/s1. The van der Waals surface area contributed by atoms with Crippen LogP contribution in [-0.4, -0.2) is 17.8 Å². The van der Waals surface area contributed by atoms with Crippen molar-refractivity contribution in [2.24, 2.45) is 52.1 Å². The Morgan fingerprint density at radius 3 is 2.60 bits per heavy atom. The molecule has 0 aromatic heterocycles. The number of nitrogens with two attached hydrogens (primary N) is 1. The van der Waals surface area contributed by atoms with Gasteiger partial charge in [0, 0.05) is 0 Å². The first-order chi connectivity index (χ1) is 14.3. The van der Waals surface area contributed by atoms with Gasteiger partial charge in [0.05, 0.1) is 6.10 Å². The molecule has 0 radical (unpaired) electrons. The summed E-state index contributed by atoms with van der Waals surface area (Å²) in [5.41, 5.74) is 8.66. The third-order valence-electron chi connectivity index (χ3n) is 10.6. The first-order valence-electron chi connectivity index (χ1n) is 13.4. The number of aliphatic hydroxyl groups is 1. The summed E-state index contributed by atoms with van der Waals surface area (Å²) in [6.07, 6.45) is 18.0. The van der Waals surface area contributed by atoms with E-state index in [9.17, 15) is 5.11 Å². The lowest BCUT2D eigenvalue weighted by Crippen LogP contribution is -2.52. The van der Waals surface area contributed by atoms with E-state index in [4.69, 9.17) is 5.73 Å². The van der Waals surface area contributed by atoms with Gasteiger partial charge in [-0.3, -0.25) is 0 Å². The lowest BCUT2D eigenvalue weighted by Gasteiger charge is -2.59. The van der Waals surface area contributed by atoms with E-state index in [2.05, 4.69) is 33.8 Å². The van der Waals surface area contributed by atoms with E-state index < -0.39 is 0 Å². The van der Waals surface area contributed by atoms with Crippen molar-refractivity contribution in [1.82, 2.24) is 0 Å². The minimum atomic E-state index is -0.116. The predicted molar refractivity (Wildman–Crippen MR) is 127 cm³/mol. The molecule has 4 aliphatic rings. The molecule has 0 amide bonds. The molecule has 172 valence electrons. The van der Waals surface area contributed by atoms with Gasteiger partial charge in [-0.05, 0) is 111 Å². The van der Waals surface area contributed by atoms with E-state index in [0.29, 0.717) is 10.8 Å². The maximum absolute atomic E-state index is 10.3. The van der Waals surface area contributed by atoms with Crippen LogP contribution in [0.4, 0.5) is 0 Å². The van der Waals surface area contributed by atoms with Crippen LogP contribution in [-0.2, 0) is 0 Å². The summed E-state index contributed by atoms with van der Waals surface area (Å²) in [7, 11) is 0. The van der Waals surface area contributed by atoms with Crippen LogP contribution in [0.2, 0.25) is 0 Å². The van der Waals surface area contributed by atoms with Crippen molar-refractivity contribution < 1.29 is 5.11 Å². The second-order valence-corrected chi connectivity index (χ2v) is 12.5. The summed E-state index contributed by atoms with van der Waals surface area (Å²) >= 11 is 0. The third kappa shape index (κ3) is 3.83. The van der Waals surface area contributed by atoms with Crippen LogP contribution < -0.4 is 5.73 Å². The summed E-state index contributed by atoms with van der Waals surface area (Å²) in [6, 6.07) is 0. The lowest BCUT2D eigenvalue weighted by molar-refractivity contribution is -0.0651. The lowest BCUT2D eigenvalue weighted by atomic mass is 9.45. The minimum Gasteiger partial charge on any atom is -0.393 e. The molecule has 0 unspecified atom stereocenters. The van der Waals surface area contributed by atoms with E-state index in [1.54, 1.807) is 5.57 Å². The topological polar surface area (TPSA) is 46.2 Å². The quantitative estimate of drug-likeness (QED) is 0.453. The number of allylic oxidation sites excluding steroid dienone is 1. The van der Waals surface area contributed by atoms with Crippen LogP contribution in [0.25, 0.3) is 0 Å². The molecular formula is C28H49NO. The van der Waals surface area contributed by atoms with Gasteiger partial charge in [-0.1, -0.05) is 58.6 Å². The molecule has 4 rings (SSSR count). The van der Waals surface area contributed by atoms with Gasteiger partial charge in [-0.15, -0.1) is 0 Å². The summed E-state index contributed by atoms with van der Waals surface area (Å²) < 4.78 is 0. The van der Waals surface area contributed by atoms with E-state index in [1.807, 2.05) is 0 Å². The van der Waals surface area contributed by atoms with Crippen LogP contribution in [0.5, 0.6) is 0 Å². The Labute approximate surface area is 186 Å². The van der Waals surface area contributed by atoms with Gasteiger partial charge in [0.2, 0.25) is 0 Å². The Morgan fingerprint density at radius 2 is 1.87 bits per heavy atom. The van der Waals surface area contributed by atoms with Crippen molar-refractivity contribution in [2.45, 2.75) is 111 Å². The number of fused-ring (bicyclic) bond motifs is 5. The average Bonchev–Trinajstić information content (AvgIpc) is 3.05. The van der Waals surface area contributed by atoms with Gasteiger partial charge in [-0.25, -0.2) is 0 Å². The van der Waals surface area contributed by atoms with Gasteiger partial charge in [0.1, 0.15) is 0 Å². The zero-order chi connectivity index (χ0) is 21.5. The maximum Gasteiger partial charge on any atom is 0.0577 e. The molecule has 0 spiro atoms. The first kappa shape index (κ1) is 22.8. The van der Waals surface area contributed by atoms with Crippen molar-refractivity contribution in [1.29, 1.82) is 0 Å². The highest BCUT2D eigenvalue weighted by Crippen LogP contribution is 2.68. The van der Waals surface area contributed by atoms with E-state index in [1.165, 1.54) is 57.8 Å². The van der Waals surface area contributed by atoms with Crippen LogP contribution in [0, 0.1) is 46.3 Å². The van der Waals surface area contributed by atoms with Gasteiger partial charge in [0.25, 0.3) is 0 Å². The first-order valence-corrected chi connectivity index (χ1v) is 13.4. The Balaban J connectivity index is 1.53. The van der Waals surface area contributed by atoms with Crippen molar-refractivity contribution in [3.8, 4) is 0 Å². The van der Waals surface area contributed by atoms with E-state index >= 15 is 0 Å². The van der Waals surface area contributed by atoms with Crippen molar-refractivity contribution >= 4 is 0 Å². The molecule has 0 aliphatic heterocycles. The molecular weight excluding hydrogens is 366 g/mol. The fraction of sp³-hybridized carbons (Fsp3) is 0.929. The van der Waals surface area contributed by atoms with Crippen LogP contribution in [0.1, 0.15) is 105 Å². The average molecular weight is 416 g/mol. The molecule has 0 heterocycles. The normalized spacial score (nSPS) is 44.2. The summed E-state index contributed by atoms with van der Waals surface area (Å²) in [4.78, 5) is 0. The monoisotopic (exact) mass is 415 g/mol. The summed E-state index contributed by atoms with van der Waals surface area (Å²) in [6.45, 7) is 10.8. The molecule has 0 bridgehead atoms. The molecule has 3 N–H and O–H groups in total. The number of hydrogen-bond donors (Lipinski definition) is 2. The smallest absolute Gasteiger partial charge is 0.0577 e. The zero-order valence-electron chi connectivity index (χ0n) is 20.3. The van der Waals surface area contributed by atoms with Gasteiger partial charge < -0.3 is 10.8 Å². The SMILES string of the molecule is CC(C)CCC[C@@H](C)[C@H]1CC[C@H]2[C@@H]3CC=C4C[C@@H](O)CC[C@]4(CCN)[C@H]3CC[C@]12C. The number of rotatable bonds is 7. The van der Waals surface area contributed by atoms with Crippen molar-refractivity contribution in [3.05, 3.63) is 11.6 Å². The molecule has 2 nitrogen and oxygen atoms in total. The minimum absolute atomic E-state index is 0.116. The number of hydrogen-bond acceptors (Lipinski definition) is 2. The van der Waals surface area contributed by atoms with Crippen LogP contribution in [0.3, 0.4) is 0 Å². The Morgan fingerprint density at radius 1 is 1.07 bits per heavy atom. The molecule has 30 heavy (non-hydrogen) atoms. The van der Waals surface area contributed by atoms with E-state index in [0.717, 1.165) is 61.3 Å². The highest BCUT2D eigenvalue weighted by molar-refractivity contribution is 5.26. The largest absolute Gasteiger partial charge is 0.393 e. The second-order valence-electron chi connectivity index (χ2n) is 12.5. The molecule has 4 aliphatic carbocycles. The van der Waals surface area contributed by atoms with Crippen LogP contribution in [0.15, 0.2) is 11.6 Å². The zero-order valence-corrected chi connectivity index (χ0v) is 20.3. The highest BCUT2D eigenvalue weighted by atomic mass is 16.3. The van der Waals surface area contributed by atoms with Crippen molar-refractivity contribution in [2.75, 3.05) is 6.54 Å². The molecule has 2 heteroatoms. The summed E-state index contributed by atoms with van der Waals surface area (Å²) in [5.74, 6) is 5.25. The Hall–Kier alpha value is -0.340. The third-order valence-corrected chi connectivity index (χ3v) is 10.6. The molecule has 8 atom stereocenters. The fourth-order valence-electron chi connectivity index (χ4n) is 9.19. The molecule has 0 saturated heterocycles. The van der Waals surface area contributed by atoms with Gasteiger partial charge in [-0.2, -0.15) is 0 Å². The van der Waals surface area contributed by atoms with Crippen LogP contribution >= 0.6 is 0 Å². The molecule has 0 aromatic carbocycles. The van der Waals surface area contributed by atoms with E-state index in [-0.39, 0.29) is 6.10 Å². The van der Waals surface area contributed by atoms with Gasteiger partial charge in [0.15, 0.2) is 0 Å². The Bertz CT molecular complexity index is 626. The highest BCUT2D eigenvalue weighted by Gasteiger charge is 2.59. The second kappa shape index (κ2) is 8.89. The summed E-state index contributed by atoms with van der Waals surface area (Å²) in [5, 5.41) is 10.3. The van der Waals surface area contributed by atoms with Crippen molar-refractivity contribution in [3.63, 3.8) is 0 Å². The fourth-order valence-corrected chi connectivity index (χ4v) is 9.19. The molecule has 3 saturated carbocycles.